The SMILES string of the molecule is C=CCc1c(OC)cc(OC)c(F)c1C(=O)c1oc2cnc(Nc3c(C)cncc3N)cc2c1NC(=O)CC. The van der Waals surface area contributed by atoms with Crippen molar-refractivity contribution in [1.29, 1.82) is 0 Å². The first-order valence-corrected chi connectivity index (χ1v) is 12.0. The molecule has 202 valence electrons. The summed E-state index contributed by atoms with van der Waals surface area (Å²) in [6.45, 7) is 7.21. The van der Waals surface area contributed by atoms with Gasteiger partial charge in [-0.3, -0.25) is 14.6 Å². The molecule has 0 bridgehead atoms. The zero-order chi connectivity index (χ0) is 28.3. The molecule has 4 N–H and O–H groups in total. The first-order valence-electron chi connectivity index (χ1n) is 12.0. The predicted molar refractivity (Wildman–Crippen MR) is 146 cm³/mol. The predicted octanol–water partition coefficient (Wildman–Crippen LogP) is 5.32. The highest BCUT2D eigenvalue weighted by molar-refractivity contribution is 6.18. The van der Waals surface area contributed by atoms with E-state index in [9.17, 15) is 9.59 Å². The van der Waals surface area contributed by atoms with Crippen LogP contribution in [0.4, 0.5) is 27.3 Å². The first kappa shape index (κ1) is 27.1. The molecule has 10 nitrogen and oxygen atoms in total. The molecule has 4 rings (SSSR count). The van der Waals surface area contributed by atoms with E-state index in [1.807, 2.05) is 6.92 Å². The molecule has 0 aliphatic carbocycles. The van der Waals surface area contributed by atoms with Crippen LogP contribution in [0.3, 0.4) is 0 Å². The molecule has 3 heterocycles. The number of allylic oxidation sites excluding steroid dienone is 1. The topological polar surface area (TPSA) is 142 Å². The fraction of sp³-hybridized carbons (Fsp3) is 0.214. The van der Waals surface area contributed by atoms with Crippen molar-refractivity contribution in [2.45, 2.75) is 26.7 Å². The molecular formula is C28H28FN5O5. The lowest BCUT2D eigenvalue weighted by molar-refractivity contribution is -0.115. The monoisotopic (exact) mass is 533 g/mol. The van der Waals surface area contributed by atoms with Crippen LogP contribution in [0.1, 0.15) is 40.6 Å². The molecule has 11 heteroatoms. The van der Waals surface area contributed by atoms with Crippen LogP contribution in [0.5, 0.6) is 11.5 Å². The Kier molecular flexibility index (Phi) is 7.80. The second-order valence-electron chi connectivity index (χ2n) is 8.59. The van der Waals surface area contributed by atoms with Crippen LogP contribution in [0.15, 0.2) is 47.8 Å². The van der Waals surface area contributed by atoms with Gasteiger partial charge in [0.25, 0.3) is 0 Å². The van der Waals surface area contributed by atoms with Gasteiger partial charge in [-0.2, -0.15) is 0 Å². The average molecular weight is 534 g/mol. The normalized spacial score (nSPS) is 10.8. The van der Waals surface area contributed by atoms with E-state index >= 15 is 4.39 Å². The van der Waals surface area contributed by atoms with Crippen LogP contribution in [-0.2, 0) is 11.2 Å². The molecule has 0 aliphatic heterocycles. The number of benzene rings is 1. The van der Waals surface area contributed by atoms with E-state index in [4.69, 9.17) is 19.6 Å². The molecular weight excluding hydrogens is 505 g/mol. The lowest BCUT2D eigenvalue weighted by atomic mass is 9.96. The Bertz CT molecular complexity index is 1580. The van der Waals surface area contributed by atoms with Gasteiger partial charge in [0.15, 0.2) is 22.9 Å². The highest BCUT2D eigenvalue weighted by atomic mass is 19.1. The highest BCUT2D eigenvalue weighted by Crippen LogP contribution is 2.39. The minimum Gasteiger partial charge on any atom is -0.496 e. The number of fused-ring (bicyclic) bond motifs is 1. The van der Waals surface area contributed by atoms with Crippen LogP contribution < -0.4 is 25.8 Å². The molecule has 1 amide bonds. The number of pyridine rings is 2. The van der Waals surface area contributed by atoms with Gasteiger partial charge in [-0.25, -0.2) is 9.37 Å². The zero-order valence-electron chi connectivity index (χ0n) is 22.0. The summed E-state index contributed by atoms with van der Waals surface area (Å²) in [5, 5.41) is 6.25. The average Bonchev–Trinajstić information content (AvgIpc) is 3.28. The molecule has 0 aliphatic rings. The van der Waals surface area contributed by atoms with Gasteiger partial charge in [-0.15, -0.1) is 6.58 Å². The second-order valence-corrected chi connectivity index (χ2v) is 8.59. The van der Waals surface area contributed by atoms with Crippen molar-refractivity contribution in [2.24, 2.45) is 0 Å². The minimum atomic E-state index is -0.891. The van der Waals surface area contributed by atoms with Gasteiger partial charge in [0.2, 0.25) is 11.7 Å². The fourth-order valence-electron chi connectivity index (χ4n) is 4.14. The number of rotatable bonds is 10. The summed E-state index contributed by atoms with van der Waals surface area (Å²) < 4.78 is 32.0. The van der Waals surface area contributed by atoms with Gasteiger partial charge < -0.3 is 30.3 Å². The summed E-state index contributed by atoms with van der Waals surface area (Å²) in [7, 11) is 2.68. The smallest absolute Gasteiger partial charge is 0.233 e. The standard InChI is InChI=1S/C28H28FN5O5/c1-6-8-15-18(37-4)10-19(38-5)24(29)23(15)27(36)28-26(34-22(35)7-2)16-9-21(32-13-20(16)39-28)33-25-14(3)11-31-12-17(25)30/h6,9-13H,1,7-8,30H2,2-5H3,(H,34,35)(H,31,32,33). The fourth-order valence-corrected chi connectivity index (χ4v) is 4.14. The summed E-state index contributed by atoms with van der Waals surface area (Å²) in [4.78, 5) is 34.8. The van der Waals surface area contributed by atoms with E-state index in [0.717, 1.165) is 5.56 Å². The molecule has 39 heavy (non-hydrogen) atoms. The van der Waals surface area contributed by atoms with Gasteiger partial charge in [0, 0.05) is 24.2 Å². The van der Waals surface area contributed by atoms with Gasteiger partial charge in [-0.1, -0.05) is 13.0 Å². The Balaban J connectivity index is 1.92. The number of aromatic nitrogens is 2. The first-order chi connectivity index (χ1) is 18.7. The van der Waals surface area contributed by atoms with Crippen molar-refractivity contribution < 1.29 is 27.9 Å². The molecule has 0 atom stereocenters. The van der Waals surface area contributed by atoms with E-state index in [1.54, 1.807) is 19.2 Å². The summed E-state index contributed by atoms with van der Waals surface area (Å²) >= 11 is 0. The van der Waals surface area contributed by atoms with Crippen molar-refractivity contribution in [3.8, 4) is 11.5 Å². The van der Waals surface area contributed by atoms with E-state index in [0.29, 0.717) is 22.6 Å². The molecule has 0 saturated heterocycles. The van der Waals surface area contributed by atoms with Crippen LogP contribution in [0, 0.1) is 12.7 Å². The van der Waals surface area contributed by atoms with E-state index in [2.05, 4.69) is 27.2 Å². The van der Waals surface area contributed by atoms with Crippen molar-refractivity contribution in [3.05, 3.63) is 71.6 Å². The van der Waals surface area contributed by atoms with Crippen LogP contribution in [0.25, 0.3) is 11.0 Å². The zero-order valence-corrected chi connectivity index (χ0v) is 22.0. The van der Waals surface area contributed by atoms with E-state index in [-0.39, 0.29) is 58.4 Å². The lowest BCUT2D eigenvalue weighted by Crippen LogP contribution is -2.15. The number of methoxy groups -OCH3 is 2. The van der Waals surface area contributed by atoms with Gasteiger partial charge in [0.05, 0.1) is 54.6 Å². The van der Waals surface area contributed by atoms with Gasteiger partial charge in [-0.05, 0) is 25.0 Å². The number of hydrogen-bond donors (Lipinski definition) is 3. The molecule has 0 unspecified atom stereocenters. The van der Waals surface area contributed by atoms with Gasteiger partial charge >= 0.3 is 0 Å². The van der Waals surface area contributed by atoms with Crippen LogP contribution in [0.2, 0.25) is 0 Å². The molecule has 0 saturated carbocycles. The Morgan fingerprint density at radius 1 is 1.15 bits per heavy atom. The number of halogens is 1. The number of nitrogen functional groups attached to an aromatic ring is 1. The molecule has 0 radical (unpaired) electrons. The number of carbonyl (C=O) groups is 2. The lowest BCUT2D eigenvalue weighted by Gasteiger charge is -2.15. The number of ether oxygens (including phenoxy) is 2. The summed E-state index contributed by atoms with van der Waals surface area (Å²) in [5.74, 6) is -1.92. The molecule has 4 aromatic rings. The maximum absolute atomic E-state index is 15.6. The number of ketones is 1. The van der Waals surface area contributed by atoms with Crippen molar-refractivity contribution in [1.82, 2.24) is 9.97 Å². The number of amides is 1. The van der Waals surface area contributed by atoms with Crippen molar-refractivity contribution >= 4 is 45.5 Å². The number of hydrogen-bond acceptors (Lipinski definition) is 9. The second kappa shape index (κ2) is 11.2. The number of carbonyl (C=O) groups excluding carboxylic acids is 2. The third kappa shape index (κ3) is 5.11. The van der Waals surface area contributed by atoms with Crippen LogP contribution in [-0.4, -0.2) is 35.9 Å². The molecule has 0 fully saturated rings. The molecule has 3 aromatic heterocycles. The molecule has 0 spiro atoms. The van der Waals surface area contributed by atoms with Crippen molar-refractivity contribution in [3.63, 3.8) is 0 Å². The Morgan fingerprint density at radius 2 is 1.90 bits per heavy atom. The largest absolute Gasteiger partial charge is 0.496 e. The number of furan rings is 1. The Labute approximate surface area is 224 Å². The third-order valence-corrected chi connectivity index (χ3v) is 6.10. The summed E-state index contributed by atoms with van der Waals surface area (Å²) in [6.07, 6.45) is 6.34. The number of aryl methyl sites for hydroxylation is 1. The maximum atomic E-state index is 15.6. The highest BCUT2D eigenvalue weighted by Gasteiger charge is 2.31. The quantitative estimate of drug-likeness (QED) is 0.182. The van der Waals surface area contributed by atoms with Gasteiger partial charge in [0.1, 0.15) is 11.6 Å². The number of anilines is 4. The number of nitrogens with zero attached hydrogens (tertiary/aromatic N) is 2. The van der Waals surface area contributed by atoms with E-state index < -0.39 is 11.6 Å². The number of nitrogens with one attached hydrogen (secondary N) is 2. The molecule has 1 aromatic carbocycles. The maximum Gasteiger partial charge on any atom is 0.233 e. The Hall–Kier alpha value is -4.93. The van der Waals surface area contributed by atoms with Crippen LogP contribution >= 0.6 is 0 Å². The third-order valence-electron chi connectivity index (χ3n) is 6.10. The van der Waals surface area contributed by atoms with Crippen molar-refractivity contribution in [2.75, 3.05) is 30.6 Å². The summed E-state index contributed by atoms with van der Waals surface area (Å²) in [5.41, 5.74) is 8.10. The Morgan fingerprint density at radius 3 is 2.54 bits per heavy atom. The van der Waals surface area contributed by atoms with E-state index in [1.165, 1.54) is 38.8 Å². The number of nitrogens with two attached hydrogens (primary N) is 1. The summed E-state index contributed by atoms with van der Waals surface area (Å²) in [6, 6.07) is 2.96. The minimum absolute atomic E-state index is 0.0810.